The van der Waals surface area contributed by atoms with E-state index in [1.165, 1.54) is 0 Å². The quantitative estimate of drug-likeness (QED) is 0.498. The molecule has 0 atom stereocenters. The first kappa shape index (κ1) is 19.5. The van der Waals surface area contributed by atoms with Gasteiger partial charge >= 0.3 is 0 Å². The van der Waals surface area contributed by atoms with Crippen molar-refractivity contribution in [2.24, 2.45) is 10.3 Å². The van der Waals surface area contributed by atoms with Crippen LogP contribution in [0.5, 0.6) is 5.75 Å². The van der Waals surface area contributed by atoms with Gasteiger partial charge in [-0.05, 0) is 36.6 Å². The zero-order chi connectivity index (χ0) is 20.8. The molecule has 0 radical (unpaired) electrons. The number of amidine groups is 1. The van der Waals surface area contributed by atoms with Gasteiger partial charge in [0.25, 0.3) is 5.56 Å². The number of para-hydroxylation sites is 2. The maximum atomic E-state index is 13.4. The first-order chi connectivity index (χ1) is 13.8. The summed E-state index contributed by atoms with van der Waals surface area (Å²) in [5.41, 5.74) is 0.575. The van der Waals surface area contributed by atoms with Crippen molar-refractivity contribution in [2.45, 2.75) is 31.7 Å². The van der Waals surface area contributed by atoms with Gasteiger partial charge in [-0.15, -0.1) is 4.40 Å². The van der Waals surface area contributed by atoms with Crippen LogP contribution in [0, 0.1) is 5.92 Å². The lowest BCUT2D eigenvalue weighted by atomic mass is 10.1. The molecule has 0 unspecified atom stereocenters. The number of fused-ring (bicyclic) bond motifs is 2. The second-order valence-corrected chi connectivity index (χ2v) is 9.12. The van der Waals surface area contributed by atoms with Gasteiger partial charge in [0.2, 0.25) is 0 Å². The third-order valence-electron chi connectivity index (χ3n) is 4.97. The molecule has 7 nitrogen and oxygen atoms in total. The predicted octanol–water partition coefficient (Wildman–Crippen LogP) is 4.65. The van der Waals surface area contributed by atoms with Gasteiger partial charge in [-0.3, -0.25) is 13.9 Å². The van der Waals surface area contributed by atoms with Crippen molar-refractivity contribution in [1.29, 1.82) is 0 Å². The number of nitrogens with one attached hydrogen (secondary N) is 1. The second-order valence-electron chi connectivity index (χ2n) is 7.46. The van der Waals surface area contributed by atoms with Crippen LogP contribution in [0.25, 0.3) is 10.9 Å². The Hall–Kier alpha value is -2.81. The lowest BCUT2D eigenvalue weighted by Crippen LogP contribution is -2.32. The largest absolute Gasteiger partial charge is 0.506 e. The Morgan fingerprint density at radius 3 is 2.55 bits per heavy atom. The fraction of sp³-hybridized carbons (Fsp3) is 0.238. The number of anilines is 1. The molecule has 8 heteroatoms. The summed E-state index contributed by atoms with van der Waals surface area (Å²) >= 11 is 0. The van der Waals surface area contributed by atoms with Gasteiger partial charge in [-0.2, -0.15) is 0 Å². The van der Waals surface area contributed by atoms with Crippen LogP contribution < -0.4 is 10.9 Å². The molecule has 0 aliphatic carbocycles. The van der Waals surface area contributed by atoms with E-state index in [1.54, 1.807) is 47.0 Å². The summed E-state index contributed by atoms with van der Waals surface area (Å²) in [5, 5.41) is 14.4. The summed E-state index contributed by atoms with van der Waals surface area (Å²) in [6.07, 6.45) is 0.784. The number of aromatic hydroxyl groups is 1. The number of pyridine rings is 1. The highest BCUT2D eigenvalue weighted by molar-refractivity contribution is 8.23. The Labute approximate surface area is 169 Å². The summed E-state index contributed by atoms with van der Waals surface area (Å²) in [6, 6.07) is 13.8. The van der Waals surface area contributed by atoms with Crippen molar-refractivity contribution < 1.29 is 14.2 Å². The molecular formula is C21H23N3O4S. The third kappa shape index (κ3) is 3.39. The summed E-state index contributed by atoms with van der Waals surface area (Å²) in [7, 11) is -3.50. The summed E-state index contributed by atoms with van der Waals surface area (Å²) in [5.74, 6) is 0.115. The maximum Gasteiger partial charge on any atom is 0.265 e. The second kappa shape index (κ2) is 7.22. The highest BCUT2D eigenvalue weighted by atomic mass is 32.3. The molecule has 1 aliphatic rings. The van der Waals surface area contributed by atoms with Gasteiger partial charge in [0.1, 0.15) is 16.2 Å². The Bertz CT molecular complexity index is 1180. The van der Waals surface area contributed by atoms with Crippen molar-refractivity contribution in [2.75, 3.05) is 5.32 Å². The summed E-state index contributed by atoms with van der Waals surface area (Å²) in [4.78, 5) is 13.6. The van der Waals surface area contributed by atoms with Crippen molar-refractivity contribution in [3.05, 3.63) is 64.4 Å². The summed E-state index contributed by atoms with van der Waals surface area (Å²) in [6.45, 7) is 4.63. The zero-order valence-electron chi connectivity index (χ0n) is 16.2. The SMILES string of the molecule is CC(C)CCn1c(=O)c(C2=NS(O)(O)c3ccccc3N2)c(O)c2ccccc21. The smallest absolute Gasteiger partial charge is 0.265 e. The van der Waals surface area contributed by atoms with E-state index < -0.39 is 16.3 Å². The fourth-order valence-electron chi connectivity index (χ4n) is 3.46. The average molecular weight is 413 g/mol. The van der Waals surface area contributed by atoms with Crippen LogP contribution in [0.2, 0.25) is 0 Å². The maximum absolute atomic E-state index is 13.4. The van der Waals surface area contributed by atoms with E-state index in [2.05, 4.69) is 23.6 Å². The number of aromatic nitrogens is 1. The Morgan fingerprint density at radius 1 is 1.10 bits per heavy atom. The number of nitrogens with zero attached hydrogens (tertiary/aromatic N) is 2. The van der Waals surface area contributed by atoms with Crippen molar-refractivity contribution in [3.8, 4) is 5.75 Å². The monoisotopic (exact) mass is 413 g/mol. The first-order valence-electron chi connectivity index (χ1n) is 9.38. The molecule has 0 spiro atoms. The molecule has 0 amide bonds. The molecule has 4 N–H and O–H groups in total. The molecule has 0 bridgehead atoms. The van der Waals surface area contributed by atoms with Crippen LogP contribution in [-0.2, 0) is 6.54 Å². The fourth-order valence-corrected chi connectivity index (χ4v) is 4.62. The minimum atomic E-state index is -3.50. The predicted molar refractivity (Wildman–Crippen MR) is 117 cm³/mol. The van der Waals surface area contributed by atoms with Gasteiger partial charge in [0, 0.05) is 11.9 Å². The van der Waals surface area contributed by atoms with Crippen LogP contribution in [0.4, 0.5) is 5.69 Å². The standard InChI is InChI=1S/C21H23N3O4S/c1-13(2)11-12-24-16-9-5-3-7-14(16)19(25)18(21(24)26)20-22-15-8-4-6-10-17(15)29(27,28)23-20/h3-10,13,25,27-28H,11-12H2,1-2H3,(H,22,23). The van der Waals surface area contributed by atoms with E-state index in [0.29, 0.717) is 29.1 Å². The van der Waals surface area contributed by atoms with Crippen LogP contribution >= 0.6 is 10.8 Å². The Morgan fingerprint density at radius 2 is 1.79 bits per heavy atom. The van der Waals surface area contributed by atoms with E-state index in [0.717, 1.165) is 6.42 Å². The van der Waals surface area contributed by atoms with Crippen LogP contribution in [0.3, 0.4) is 0 Å². The molecule has 0 saturated carbocycles. The molecule has 1 aliphatic heterocycles. The van der Waals surface area contributed by atoms with E-state index in [-0.39, 0.29) is 22.0 Å². The highest BCUT2D eigenvalue weighted by Gasteiger charge is 2.30. The third-order valence-corrected chi connectivity index (χ3v) is 6.35. The molecule has 1 aromatic heterocycles. The van der Waals surface area contributed by atoms with E-state index >= 15 is 0 Å². The van der Waals surface area contributed by atoms with Crippen molar-refractivity contribution in [1.82, 2.24) is 4.57 Å². The van der Waals surface area contributed by atoms with Gasteiger partial charge < -0.3 is 15.0 Å². The molecule has 29 heavy (non-hydrogen) atoms. The number of hydrogen-bond acceptors (Lipinski definition) is 6. The Balaban J connectivity index is 1.95. The number of aryl methyl sites for hydroxylation is 1. The normalized spacial score (nSPS) is 16.2. The number of rotatable bonds is 4. The molecule has 152 valence electrons. The van der Waals surface area contributed by atoms with Crippen molar-refractivity contribution >= 4 is 33.2 Å². The topological polar surface area (TPSA) is 107 Å². The van der Waals surface area contributed by atoms with E-state index in [1.807, 2.05) is 6.07 Å². The molecule has 3 aromatic rings. The molecule has 0 fully saturated rings. The van der Waals surface area contributed by atoms with Crippen LogP contribution in [0.1, 0.15) is 25.8 Å². The van der Waals surface area contributed by atoms with E-state index in [4.69, 9.17) is 0 Å². The van der Waals surface area contributed by atoms with Gasteiger partial charge in [-0.25, -0.2) is 0 Å². The lowest BCUT2D eigenvalue weighted by molar-refractivity contribution is 0.473. The first-order valence-corrected chi connectivity index (χ1v) is 10.9. The van der Waals surface area contributed by atoms with Gasteiger partial charge in [0.05, 0.1) is 11.2 Å². The molecule has 0 saturated heterocycles. The Kier molecular flexibility index (Phi) is 4.85. The lowest BCUT2D eigenvalue weighted by Gasteiger charge is -2.34. The van der Waals surface area contributed by atoms with Crippen LogP contribution in [0.15, 0.2) is 62.6 Å². The highest BCUT2D eigenvalue weighted by Crippen LogP contribution is 2.55. The van der Waals surface area contributed by atoms with Crippen molar-refractivity contribution in [3.63, 3.8) is 0 Å². The minimum Gasteiger partial charge on any atom is -0.506 e. The van der Waals surface area contributed by atoms with Gasteiger partial charge in [0.15, 0.2) is 5.84 Å². The molecule has 2 aromatic carbocycles. The van der Waals surface area contributed by atoms with Crippen LogP contribution in [-0.4, -0.2) is 24.6 Å². The molecule has 4 rings (SSSR count). The number of hydrogen-bond donors (Lipinski definition) is 4. The minimum absolute atomic E-state index is 0.0461. The van der Waals surface area contributed by atoms with E-state index in [9.17, 15) is 19.0 Å². The average Bonchev–Trinajstić information content (AvgIpc) is 2.67. The number of benzene rings is 2. The zero-order valence-corrected chi connectivity index (χ0v) is 17.0. The van der Waals surface area contributed by atoms with Gasteiger partial charge in [-0.1, -0.05) is 48.9 Å². The molecular weight excluding hydrogens is 390 g/mol. The summed E-state index contributed by atoms with van der Waals surface area (Å²) < 4.78 is 26.7. The molecule has 2 heterocycles.